The number of nitrogens with zero attached hydrogens (tertiary/aromatic N) is 3. The van der Waals surface area contributed by atoms with Gasteiger partial charge in [0.25, 0.3) is 5.56 Å². The predicted octanol–water partition coefficient (Wildman–Crippen LogP) is 4.84. The fourth-order valence-corrected chi connectivity index (χ4v) is 6.12. The summed E-state index contributed by atoms with van der Waals surface area (Å²) in [4.78, 5) is 33.1. The lowest BCUT2D eigenvalue weighted by molar-refractivity contribution is -0.119. The number of nitriles is 1. The fourth-order valence-electron chi connectivity index (χ4n) is 4.15. The van der Waals surface area contributed by atoms with E-state index in [1.807, 2.05) is 45.9 Å². The first-order chi connectivity index (χ1) is 15.7. The number of nitrogens with one attached hydrogen (secondary N) is 1. The van der Waals surface area contributed by atoms with Crippen LogP contribution in [0.4, 0.5) is 0 Å². The molecule has 33 heavy (non-hydrogen) atoms. The van der Waals surface area contributed by atoms with Gasteiger partial charge in [-0.2, -0.15) is 5.26 Å². The Morgan fingerprint density at radius 2 is 2.06 bits per heavy atom. The highest BCUT2D eigenvalue weighted by Gasteiger charge is 2.43. The van der Waals surface area contributed by atoms with Gasteiger partial charge in [0.15, 0.2) is 5.16 Å². The number of rotatable bonds is 7. The summed E-state index contributed by atoms with van der Waals surface area (Å²) >= 11 is 2.75. The SMILES string of the molecule is CCc1c(C)sc2nc(SCC(=O)NC(C)(C#N)C3CC3)n(-c3ccc(C)c(C)c3)c(=O)c12. The number of thiophene rings is 1. The van der Waals surface area contributed by atoms with Crippen LogP contribution in [0.15, 0.2) is 28.2 Å². The second-order valence-electron chi connectivity index (χ2n) is 8.90. The average Bonchev–Trinajstić information content (AvgIpc) is 3.58. The van der Waals surface area contributed by atoms with E-state index >= 15 is 0 Å². The standard InChI is InChI=1S/C25H28N4O2S2/c1-6-19-16(4)33-22-21(19)23(31)29(18-10-7-14(2)15(3)11-18)24(27-22)32-12-20(30)28-25(5,13-26)17-8-9-17/h7,10-11,17H,6,8-9,12H2,1-5H3,(H,28,30). The third-order valence-electron chi connectivity index (χ3n) is 6.46. The van der Waals surface area contributed by atoms with Gasteiger partial charge in [0.2, 0.25) is 5.91 Å². The molecule has 1 saturated carbocycles. The summed E-state index contributed by atoms with van der Waals surface area (Å²) < 4.78 is 1.63. The van der Waals surface area contributed by atoms with Crippen LogP contribution < -0.4 is 10.9 Å². The van der Waals surface area contributed by atoms with Gasteiger partial charge in [0, 0.05) is 4.88 Å². The van der Waals surface area contributed by atoms with Crippen molar-refractivity contribution in [1.82, 2.24) is 14.9 Å². The Bertz CT molecular complexity index is 1350. The Hall–Kier alpha value is -2.63. The van der Waals surface area contributed by atoms with Crippen LogP contribution in [0.5, 0.6) is 0 Å². The van der Waals surface area contributed by atoms with Crippen LogP contribution in [-0.2, 0) is 11.2 Å². The van der Waals surface area contributed by atoms with Crippen molar-refractivity contribution in [1.29, 1.82) is 5.26 Å². The number of aryl methyl sites for hydroxylation is 4. The highest BCUT2D eigenvalue weighted by atomic mass is 32.2. The highest BCUT2D eigenvalue weighted by Crippen LogP contribution is 2.39. The topological polar surface area (TPSA) is 87.8 Å². The van der Waals surface area contributed by atoms with Crippen molar-refractivity contribution in [3.8, 4) is 11.8 Å². The molecule has 0 saturated heterocycles. The van der Waals surface area contributed by atoms with E-state index in [4.69, 9.17) is 4.98 Å². The zero-order valence-corrected chi connectivity index (χ0v) is 21.2. The van der Waals surface area contributed by atoms with Gasteiger partial charge in [-0.25, -0.2) is 4.98 Å². The average molecular weight is 481 g/mol. The zero-order chi connectivity index (χ0) is 23.9. The molecule has 0 aliphatic heterocycles. The van der Waals surface area contributed by atoms with Crippen LogP contribution in [0.1, 0.15) is 48.3 Å². The number of benzene rings is 1. The van der Waals surface area contributed by atoms with E-state index in [1.54, 1.807) is 11.5 Å². The molecule has 1 fully saturated rings. The minimum atomic E-state index is -0.844. The first-order valence-corrected chi connectivity index (χ1v) is 13.0. The van der Waals surface area contributed by atoms with Gasteiger partial charge in [-0.1, -0.05) is 24.8 Å². The molecular formula is C25H28N4O2S2. The van der Waals surface area contributed by atoms with Crippen LogP contribution in [-0.4, -0.2) is 26.8 Å². The Morgan fingerprint density at radius 3 is 2.67 bits per heavy atom. The lowest BCUT2D eigenvalue weighted by Crippen LogP contribution is -2.47. The molecule has 1 atom stereocenters. The molecule has 0 bridgehead atoms. The maximum Gasteiger partial charge on any atom is 0.267 e. The van der Waals surface area contributed by atoms with Gasteiger partial charge < -0.3 is 5.32 Å². The molecule has 3 aromatic rings. The molecule has 0 radical (unpaired) electrons. The molecule has 2 aromatic heterocycles. The van der Waals surface area contributed by atoms with E-state index in [9.17, 15) is 14.9 Å². The molecule has 1 aliphatic carbocycles. The van der Waals surface area contributed by atoms with E-state index in [-0.39, 0.29) is 23.1 Å². The number of hydrogen-bond acceptors (Lipinski definition) is 6. The number of hydrogen-bond donors (Lipinski definition) is 1. The molecule has 1 N–H and O–H groups in total. The molecule has 172 valence electrons. The first-order valence-electron chi connectivity index (χ1n) is 11.2. The van der Waals surface area contributed by atoms with Crippen LogP contribution in [0.2, 0.25) is 0 Å². The van der Waals surface area contributed by atoms with Gasteiger partial charge in [-0.05, 0) is 81.7 Å². The molecule has 0 spiro atoms. The fraction of sp³-hybridized carbons (Fsp3) is 0.440. The number of fused-ring (bicyclic) bond motifs is 1. The van der Waals surface area contributed by atoms with Crippen molar-refractivity contribution < 1.29 is 4.79 Å². The predicted molar refractivity (Wildman–Crippen MR) is 134 cm³/mol. The smallest absolute Gasteiger partial charge is 0.267 e. The van der Waals surface area contributed by atoms with Crippen molar-refractivity contribution >= 4 is 39.2 Å². The normalized spacial score (nSPS) is 15.3. The van der Waals surface area contributed by atoms with Crippen LogP contribution >= 0.6 is 23.1 Å². The molecule has 1 amide bonds. The van der Waals surface area contributed by atoms with Gasteiger partial charge in [-0.15, -0.1) is 11.3 Å². The van der Waals surface area contributed by atoms with E-state index < -0.39 is 5.54 Å². The third-order valence-corrected chi connectivity index (χ3v) is 8.44. The maximum atomic E-state index is 13.7. The van der Waals surface area contributed by atoms with E-state index in [0.29, 0.717) is 15.4 Å². The number of carbonyl (C=O) groups excluding carboxylic acids is 1. The molecular weight excluding hydrogens is 452 g/mol. The number of thioether (sulfide) groups is 1. The summed E-state index contributed by atoms with van der Waals surface area (Å²) in [5, 5.41) is 13.6. The number of aromatic nitrogens is 2. The lowest BCUT2D eigenvalue weighted by atomic mass is 9.98. The number of amides is 1. The molecule has 4 rings (SSSR count). The molecule has 1 aliphatic rings. The molecule has 2 heterocycles. The van der Waals surface area contributed by atoms with E-state index in [0.717, 1.165) is 46.5 Å². The highest BCUT2D eigenvalue weighted by molar-refractivity contribution is 7.99. The minimum Gasteiger partial charge on any atom is -0.337 e. The Morgan fingerprint density at radius 1 is 1.33 bits per heavy atom. The third kappa shape index (κ3) is 4.44. The Kier molecular flexibility index (Phi) is 6.39. The second kappa shape index (κ2) is 8.96. The van der Waals surface area contributed by atoms with Gasteiger partial charge in [-0.3, -0.25) is 14.2 Å². The quantitative estimate of drug-likeness (QED) is 0.386. The van der Waals surface area contributed by atoms with Gasteiger partial charge >= 0.3 is 0 Å². The van der Waals surface area contributed by atoms with Crippen molar-refractivity contribution in [3.05, 3.63) is 50.1 Å². The summed E-state index contributed by atoms with van der Waals surface area (Å²) in [6.07, 6.45) is 2.68. The monoisotopic (exact) mass is 480 g/mol. The molecule has 1 aromatic carbocycles. The van der Waals surface area contributed by atoms with Crippen molar-refractivity contribution in [2.75, 3.05) is 5.75 Å². The Labute approximate surface area is 202 Å². The van der Waals surface area contributed by atoms with Crippen molar-refractivity contribution in [2.24, 2.45) is 5.92 Å². The molecule has 8 heteroatoms. The summed E-state index contributed by atoms with van der Waals surface area (Å²) in [5.74, 6) is 0.0624. The largest absolute Gasteiger partial charge is 0.337 e. The van der Waals surface area contributed by atoms with Crippen LogP contribution in [0, 0.1) is 38.0 Å². The molecule has 1 unspecified atom stereocenters. The summed E-state index contributed by atoms with van der Waals surface area (Å²) in [5.41, 5.74) is 3.06. The summed E-state index contributed by atoms with van der Waals surface area (Å²) in [6, 6.07) is 8.16. The second-order valence-corrected chi connectivity index (χ2v) is 11.0. The van der Waals surface area contributed by atoms with Crippen LogP contribution in [0.3, 0.4) is 0 Å². The maximum absolute atomic E-state index is 13.7. The Balaban J connectivity index is 1.75. The summed E-state index contributed by atoms with van der Waals surface area (Å²) in [6.45, 7) is 9.90. The lowest BCUT2D eigenvalue weighted by Gasteiger charge is -2.22. The summed E-state index contributed by atoms with van der Waals surface area (Å²) in [7, 11) is 0. The zero-order valence-electron chi connectivity index (χ0n) is 19.6. The molecule has 6 nitrogen and oxygen atoms in total. The van der Waals surface area contributed by atoms with Crippen molar-refractivity contribution in [3.63, 3.8) is 0 Å². The van der Waals surface area contributed by atoms with Gasteiger partial charge in [0.1, 0.15) is 10.4 Å². The van der Waals surface area contributed by atoms with E-state index in [1.165, 1.54) is 23.1 Å². The van der Waals surface area contributed by atoms with Gasteiger partial charge in [0.05, 0.1) is 22.9 Å². The number of carbonyl (C=O) groups is 1. The van der Waals surface area contributed by atoms with Crippen LogP contribution in [0.25, 0.3) is 15.9 Å². The minimum absolute atomic E-state index is 0.0811. The van der Waals surface area contributed by atoms with Crippen molar-refractivity contribution in [2.45, 2.75) is 64.6 Å². The van der Waals surface area contributed by atoms with E-state index in [2.05, 4.69) is 11.4 Å². The first kappa shape index (κ1) is 23.5.